The molecular weight excluding hydrogens is 266 g/mol. The molecule has 4 nitrogen and oxygen atoms in total. The summed E-state index contributed by atoms with van der Waals surface area (Å²) >= 11 is 0. The monoisotopic (exact) mass is 289 g/mol. The van der Waals surface area contributed by atoms with Gasteiger partial charge in [-0.15, -0.1) is 0 Å². The van der Waals surface area contributed by atoms with Crippen LogP contribution in [0.3, 0.4) is 0 Å². The summed E-state index contributed by atoms with van der Waals surface area (Å²) in [6.07, 6.45) is 1.10. The summed E-state index contributed by atoms with van der Waals surface area (Å²) in [6, 6.07) is 5.99. The third kappa shape index (κ3) is 3.76. The number of aliphatic hydroxyl groups excluding tert-OH is 2. The van der Waals surface area contributed by atoms with Gasteiger partial charge >= 0.3 is 0 Å². The molecule has 0 aliphatic carbocycles. The molecule has 0 spiro atoms. The normalized spacial score (nSPS) is 21.9. The van der Waals surface area contributed by atoms with Crippen molar-refractivity contribution in [3.05, 3.63) is 29.3 Å². The first-order valence-electron chi connectivity index (χ1n) is 7.31. The van der Waals surface area contributed by atoms with Crippen LogP contribution in [0.4, 0.5) is 0 Å². The van der Waals surface area contributed by atoms with Crippen molar-refractivity contribution in [1.82, 2.24) is 4.90 Å². The Morgan fingerprint density at radius 1 is 1.38 bits per heavy atom. The van der Waals surface area contributed by atoms with Crippen LogP contribution >= 0.6 is 0 Å². The van der Waals surface area contributed by atoms with E-state index < -0.39 is 0 Å². The number of nitrogens with zero attached hydrogens (tertiary/aromatic N) is 1. The minimum atomic E-state index is -0.147. The maximum absolute atomic E-state index is 9.57. The number of hydrogen-bond acceptors (Lipinski definition) is 4. The number of ether oxygens (including phenoxy) is 1. The molecule has 1 saturated heterocycles. The molecule has 21 heavy (non-hydrogen) atoms. The first-order valence-corrected chi connectivity index (χ1v) is 7.31. The first kappa shape index (κ1) is 15.8. The highest BCUT2D eigenvalue weighted by atomic mass is 16.5. The van der Waals surface area contributed by atoms with Crippen LogP contribution in [0.1, 0.15) is 24.5 Å². The number of rotatable bonds is 4. The third-order valence-electron chi connectivity index (χ3n) is 4.17. The second-order valence-electron chi connectivity index (χ2n) is 5.47. The Labute approximate surface area is 126 Å². The molecule has 1 fully saturated rings. The topological polar surface area (TPSA) is 52.9 Å². The van der Waals surface area contributed by atoms with Crippen molar-refractivity contribution in [2.45, 2.75) is 25.9 Å². The van der Waals surface area contributed by atoms with Crippen molar-refractivity contribution < 1.29 is 14.9 Å². The van der Waals surface area contributed by atoms with Gasteiger partial charge in [-0.3, -0.25) is 4.90 Å². The summed E-state index contributed by atoms with van der Waals surface area (Å²) in [7, 11) is 1.65. The Bertz CT molecular complexity index is 533. The molecule has 4 heteroatoms. The zero-order valence-electron chi connectivity index (χ0n) is 12.7. The SMILES string of the molecule is COc1ccc(C#CCO)c(CN2CCC(C)C2CO)c1. The number of methoxy groups -OCH3 is 1. The largest absolute Gasteiger partial charge is 0.497 e. The molecule has 2 N–H and O–H groups in total. The molecule has 0 aromatic heterocycles. The van der Waals surface area contributed by atoms with Gasteiger partial charge in [-0.25, -0.2) is 0 Å². The molecule has 2 atom stereocenters. The van der Waals surface area contributed by atoms with E-state index in [-0.39, 0.29) is 19.3 Å². The molecule has 1 aromatic carbocycles. The van der Waals surface area contributed by atoms with Crippen molar-refractivity contribution >= 4 is 0 Å². The Kier molecular flexibility index (Phi) is 5.63. The summed E-state index contributed by atoms with van der Waals surface area (Å²) < 4.78 is 5.29. The van der Waals surface area contributed by atoms with Crippen LogP contribution in [-0.4, -0.2) is 48.0 Å². The lowest BCUT2D eigenvalue weighted by Gasteiger charge is -2.25. The van der Waals surface area contributed by atoms with Crippen LogP contribution in [0.2, 0.25) is 0 Å². The molecule has 1 aliphatic heterocycles. The highest BCUT2D eigenvalue weighted by molar-refractivity contribution is 5.45. The van der Waals surface area contributed by atoms with E-state index in [0.29, 0.717) is 5.92 Å². The van der Waals surface area contributed by atoms with E-state index in [2.05, 4.69) is 23.7 Å². The number of likely N-dealkylation sites (tertiary alicyclic amines) is 1. The molecule has 1 aliphatic rings. The van der Waals surface area contributed by atoms with E-state index in [9.17, 15) is 5.11 Å². The van der Waals surface area contributed by atoms with Crippen LogP contribution in [0, 0.1) is 17.8 Å². The zero-order chi connectivity index (χ0) is 15.2. The fourth-order valence-electron chi connectivity index (χ4n) is 2.88. The van der Waals surface area contributed by atoms with Crippen LogP contribution < -0.4 is 4.74 Å². The fraction of sp³-hybridized carbons (Fsp3) is 0.529. The standard InChI is InChI=1S/C17H23NO3/c1-13-7-8-18(17(13)12-20)11-15-10-16(21-2)6-5-14(15)4-3-9-19/h5-6,10,13,17,19-20H,7-9,11-12H2,1-2H3. The quantitative estimate of drug-likeness (QED) is 0.819. The molecule has 2 rings (SSSR count). The van der Waals surface area contributed by atoms with Crippen molar-refractivity contribution in [3.63, 3.8) is 0 Å². The van der Waals surface area contributed by atoms with E-state index in [1.54, 1.807) is 7.11 Å². The summed E-state index contributed by atoms with van der Waals surface area (Å²) in [4.78, 5) is 2.30. The van der Waals surface area contributed by atoms with Crippen molar-refractivity contribution in [1.29, 1.82) is 0 Å². The number of aliphatic hydroxyl groups is 2. The Morgan fingerprint density at radius 3 is 2.86 bits per heavy atom. The number of benzene rings is 1. The molecular formula is C17H23NO3. The lowest BCUT2D eigenvalue weighted by molar-refractivity contribution is 0.134. The molecule has 0 radical (unpaired) electrons. The summed E-state index contributed by atoms with van der Waals surface area (Å²) in [6.45, 7) is 3.94. The van der Waals surface area contributed by atoms with Gasteiger partial charge in [0.1, 0.15) is 12.4 Å². The predicted molar refractivity (Wildman–Crippen MR) is 82.0 cm³/mol. The van der Waals surface area contributed by atoms with Crippen molar-refractivity contribution in [3.8, 4) is 17.6 Å². The van der Waals surface area contributed by atoms with Crippen LogP contribution in [0.25, 0.3) is 0 Å². The van der Waals surface area contributed by atoms with Gasteiger partial charge in [-0.05, 0) is 42.6 Å². The highest BCUT2D eigenvalue weighted by Gasteiger charge is 2.30. The van der Waals surface area contributed by atoms with E-state index in [1.165, 1.54) is 0 Å². The van der Waals surface area contributed by atoms with Crippen LogP contribution in [0.5, 0.6) is 5.75 Å². The van der Waals surface area contributed by atoms with Crippen molar-refractivity contribution in [2.24, 2.45) is 5.92 Å². The van der Waals surface area contributed by atoms with Gasteiger partial charge < -0.3 is 14.9 Å². The van der Waals surface area contributed by atoms with Crippen LogP contribution in [-0.2, 0) is 6.54 Å². The first-order chi connectivity index (χ1) is 10.2. The maximum Gasteiger partial charge on any atom is 0.119 e. The Hall–Kier alpha value is -1.54. The number of hydrogen-bond donors (Lipinski definition) is 2. The Balaban J connectivity index is 2.24. The molecule has 0 saturated carbocycles. The van der Waals surface area contributed by atoms with E-state index in [0.717, 1.165) is 36.4 Å². The minimum Gasteiger partial charge on any atom is -0.497 e. The molecule has 0 bridgehead atoms. The van der Waals surface area contributed by atoms with Gasteiger partial charge in [0.2, 0.25) is 0 Å². The van der Waals surface area contributed by atoms with Crippen molar-refractivity contribution in [2.75, 3.05) is 26.9 Å². The van der Waals surface area contributed by atoms with E-state index >= 15 is 0 Å². The average molecular weight is 289 g/mol. The maximum atomic E-state index is 9.57. The van der Waals surface area contributed by atoms with E-state index in [1.807, 2.05) is 18.2 Å². The second-order valence-corrected chi connectivity index (χ2v) is 5.47. The fourth-order valence-corrected chi connectivity index (χ4v) is 2.88. The van der Waals surface area contributed by atoms with Crippen LogP contribution in [0.15, 0.2) is 18.2 Å². The smallest absolute Gasteiger partial charge is 0.119 e. The third-order valence-corrected chi connectivity index (χ3v) is 4.17. The lowest BCUT2D eigenvalue weighted by atomic mass is 10.0. The van der Waals surface area contributed by atoms with Gasteiger partial charge in [0.15, 0.2) is 0 Å². The molecule has 2 unspecified atom stereocenters. The minimum absolute atomic E-state index is 0.147. The van der Waals surface area contributed by atoms with Gasteiger partial charge in [0, 0.05) is 18.2 Å². The second kappa shape index (κ2) is 7.46. The molecule has 0 amide bonds. The lowest BCUT2D eigenvalue weighted by Crippen LogP contribution is -2.34. The van der Waals surface area contributed by atoms with Gasteiger partial charge in [-0.1, -0.05) is 18.8 Å². The highest BCUT2D eigenvalue weighted by Crippen LogP contribution is 2.27. The summed E-state index contributed by atoms with van der Waals surface area (Å²) in [5.74, 6) is 6.99. The molecule has 1 aromatic rings. The molecule has 1 heterocycles. The predicted octanol–water partition coefficient (Wildman–Crippen LogP) is 1.24. The van der Waals surface area contributed by atoms with Gasteiger partial charge in [0.25, 0.3) is 0 Å². The average Bonchev–Trinajstić information content (AvgIpc) is 2.85. The van der Waals surface area contributed by atoms with Gasteiger partial charge in [-0.2, -0.15) is 0 Å². The summed E-state index contributed by atoms with van der Waals surface area (Å²) in [5.41, 5.74) is 1.98. The van der Waals surface area contributed by atoms with Gasteiger partial charge in [0.05, 0.1) is 13.7 Å². The Morgan fingerprint density at radius 2 is 2.19 bits per heavy atom. The molecule has 114 valence electrons. The van der Waals surface area contributed by atoms with E-state index in [4.69, 9.17) is 9.84 Å². The zero-order valence-corrected chi connectivity index (χ0v) is 12.7. The summed E-state index contributed by atoms with van der Waals surface area (Å²) in [5, 5.41) is 18.4.